The first-order valence-corrected chi connectivity index (χ1v) is 6.60. The number of rotatable bonds is 6. The Morgan fingerprint density at radius 3 is 1.80 bits per heavy atom. The molecule has 1 rings (SSSR count). The maximum atomic E-state index is 3.75. The molecule has 1 aliphatic carbocycles. The molecule has 0 bridgehead atoms. The second-order valence-electron chi connectivity index (χ2n) is 6.44. The van der Waals surface area contributed by atoms with Crippen molar-refractivity contribution >= 4 is 0 Å². The smallest absolute Gasteiger partial charge is 0.00926 e. The van der Waals surface area contributed by atoms with Gasteiger partial charge in [0.2, 0.25) is 0 Å². The van der Waals surface area contributed by atoms with Crippen molar-refractivity contribution in [1.82, 2.24) is 5.32 Å². The van der Waals surface area contributed by atoms with E-state index in [1.54, 1.807) is 0 Å². The van der Waals surface area contributed by atoms with Crippen molar-refractivity contribution in [2.45, 2.75) is 60.4 Å². The molecule has 1 fully saturated rings. The van der Waals surface area contributed by atoms with Gasteiger partial charge in [-0.3, -0.25) is 0 Å². The minimum atomic E-state index is 0.610. The summed E-state index contributed by atoms with van der Waals surface area (Å²) in [5.41, 5.74) is 0.610. The van der Waals surface area contributed by atoms with E-state index in [9.17, 15) is 0 Å². The average molecular weight is 211 g/mol. The standard InChI is InChI=1S/C14H29N/c1-10(2)13(11(3)4)9-15-12(5)14(6)7-8-14/h10-13,15H,7-9H2,1-6H3. The van der Waals surface area contributed by atoms with Crippen LogP contribution in [0.5, 0.6) is 0 Å². The van der Waals surface area contributed by atoms with Crippen molar-refractivity contribution in [3.63, 3.8) is 0 Å². The Morgan fingerprint density at radius 2 is 1.47 bits per heavy atom. The SMILES string of the molecule is CC(C)C(CNC(C)C1(C)CC1)C(C)C. The minimum absolute atomic E-state index is 0.610. The highest BCUT2D eigenvalue weighted by Crippen LogP contribution is 2.48. The van der Waals surface area contributed by atoms with Gasteiger partial charge in [-0.2, -0.15) is 0 Å². The van der Waals surface area contributed by atoms with Crippen LogP contribution in [0.4, 0.5) is 0 Å². The van der Waals surface area contributed by atoms with E-state index in [-0.39, 0.29) is 0 Å². The van der Waals surface area contributed by atoms with Crippen molar-refractivity contribution in [3.8, 4) is 0 Å². The molecule has 0 aromatic carbocycles. The molecule has 0 saturated heterocycles. The van der Waals surface area contributed by atoms with Crippen LogP contribution < -0.4 is 5.32 Å². The normalized spacial score (nSPS) is 21.4. The van der Waals surface area contributed by atoms with Gasteiger partial charge >= 0.3 is 0 Å². The maximum absolute atomic E-state index is 3.75. The molecule has 1 unspecified atom stereocenters. The Kier molecular flexibility index (Phi) is 4.22. The van der Waals surface area contributed by atoms with Gasteiger partial charge in [-0.05, 0) is 49.5 Å². The summed E-state index contributed by atoms with van der Waals surface area (Å²) < 4.78 is 0. The second-order valence-corrected chi connectivity index (χ2v) is 6.44. The molecular weight excluding hydrogens is 182 g/mol. The first kappa shape index (κ1) is 13.0. The van der Waals surface area contributed by atoms with Gasteiger partial charge in [0.1, 0.15) is 0 Å². The lowest BCUT2D eigenvalue weighted by Crippen LogP contribution is -2.39. The molecule has 0 heterocycles. The van der Waals surface area contributed by atoms with E-state index in [1.165, 1.54) is 19.4 Å². The van der Waals surface area contributed by atoms with E-state index in [1.807, 2.05) is 0 Å². The molecule has 0 radical (unpaired) electrons. The number of hydrogen-bond acceptors (Lipinski definition) is 1. The molecule has 90 valence electrons. The lowest BCUT2D eigenvalue weighted by Gasteiger charge is -2.29. The summed E-state index contributed by atoms with van der Waals surface area (Å²) in [6.45, 7) is 15.3. The van der Waals surface area contributed by atoms with Crippen LogP contribution in [0.1, 0.15) is 54.4 Å². The first-order chi connectivity index (χ1) is 6.87. The van der Waals surface area contributed by atoms with E-state index in [2.05, 4.69) is 46.9 Å². The zero-order valence-electron chi connectivity index (χ0n) is 11.4. The maximum Gasteiger partial charge on any atom is 0.00926 e. The third-order valence-corrected chi connectivity index (χ3v) is 4.46. The van der Waals surface area contributed by atoms with Crippen LogP contribution >= 0.6 is 0 Å². The summed E-state index contributed by atoms with van der Waals surface area (Å²) in [5, 5.41) is 3.75. The highest BCUT2D eigenvalue weighted by atomic mass is 14.9. The lowest BCUT2D eigenvalue weighted by molar-refractivity contribution is 0.250. The van der Waals surface area contributed by atoms with Crippen LogP contribution in [0.25, 0.3) is 0 Å². The Balaban J connectivity index is 2.33. The van der Waals surface area contributed by atoms with Crippen LogP contribution in [0.3, 0.4) is 0 Å². The van der Waals surface area contributed by atoms with E-state index >= 15 is 0 Å². The number of hydrogen-bond donors (Lipinski definition) is 1. The van der Waals surface area contributed by atoms with Gasteiger partial charge in [-0.1, -0.05) is 34.6 Å². The average Bonchev–Trinajstić information content (AvgIpc) is 2.83. The van der Waals surface area contributed by atoms with Crippen molar-refractivity contribution in [3.05, 3.63) is 0 Å². The van der Waals surface area contributed by atoms with Gasteiger partial charge in [0, 0.05) is 6.04 Å². The van der Waals surface area contributed by atoms with Gasteiger partial charge in [-0.25, -0.2) is 0 Å². The Labute approximate surface area is 96.0 Å². The van der Waals surface area contributed by atoms with Gasteiger partial charge < -0.3 is 5.32 Å². The topological polar surface area (TPSA) is 12.0 Å². The molecule has 0 aliphatic heterocycles. The van der Waals surface area contributed by atoms with Crippen molar-refractivity contribution < 1.29 is 0 Å². The van der Waals surface area contributed by atoms with Crippen LogP contribution in [-0.4, -0.2) is 12.6 Å². The molecule has 1 nitrogen and oxygen atoms in total. The Morgan fingerprint density at radius 1 is 1.00 bits per heavy atom. The fraction of sp³-hybridized carbons (Fsp3) is 1.00. The van der Waals surface area contributed by atoms with E-state index < -0.39 is 0 Å². The molecule has 0 amide bonds. The summed E-state index contributed by atoms with van der Waals surface area (Å²) >= 11 is 0. The summed E-state index contributed by atoms with van der Waals surface area (Å²) in [7, 11) is 0. The van der Waals surface area contributed by atoms with E-state index in [0.717, 1.165) is 17.8 Å². The third-order valence-electron chi connectivity index (χ3n) is 4.46. The zero-order valence-corrected chi connectivity index (χ0v) is 11.4. The van der Waals surface area contributed by atoms with Crippen LogP contribution in [0.15, 0.2) is 0 Å². The summed E-state index contributed by atoms with van der Waals surface area (Å²) in [5.74, 6) is 2.39. The molecule has 1 atom stereocenters. The molecule has 0 aromatic heterocycles. The molecule has 1 aliphatic rings. The van der Waals surface area contributed by atoms with Gasteiger partial charge in [-0.15, -0.1) is 0 Å². The fourth-order valence-electron chi connectivity index (χ4n) is 2.43. The summed E-state index contributed by atoms with van der Waals surface area (Å²) in [6.07, 6.45) is 2.82. The van der Waals surface area contributed by atoms with Gasteiger partial charge in [0.15, 0.2) is 0 Å². The Hall–Kier alpha value is -0.0400. The molecule has 1 saturated carbocycles. The minimum Gasteiger partial charge on any atom is -0.313 e. The predicted octanol–water partition coefficient (Wildman–Crippen LogP) is 3.69. The molecule has 1 N–H and O–H groups in total. The molecule has 0 aromatic rings. The zero-order chi connectivity index (χ0) is 11.6. The largest absolute Gasteiger partial charge is 0.313 e. The van der Waals surface area contributed by atoms with Gasteiger partial charge in [0.25, 0.3) is 0 Å². The lowest BCUT2D eigenvalue weighted by atomic mass is 9.85. The van der Waals surface area contributed by atoms with Crippen LogP contribution in [-0.2, 0) is 0 Å². The monoisotopic (exact) mass is 211 g/mol. The molecule has 0 spiro atoms. The van der Waals surface area contributed by atoms with Crippen molar-refractivity contribution in [2.75, 3.05) is 6.54 Å². The second kappa shape index (κ2) is 4.86. The fourth-order valence-corrected chi connectivity index (χ4v) is 2.43. The van der Waals surface area contributed by atoms with Crippen molar-refractivity contribution in [2.24, 2.45) is 23.2 Å². The highest BCUT2D eigenvalue weighted by molar-refractivity contribution is 4.96. The Bertz CT molecular complexity index is 184. The van der Waals surface area contributed by atoms with E-state index in [4.69, 9.17) is 0 Å². The summed E-state index contributed by atoms with van der Waals surface area (Å²) in [4.78, 5) is 0. The third kappa shape index (κ3) is 3.48. The molecular formula is C14H29N. The quantitative estimate of drug-likeness (QED) is 0.706. The first-order valence-electron chi connectivity index (χ1n) is 6.60. The van der Waals surface area contributed by atoms with E-state index in [0.29, 0.717) is 11.5 Å². The van der Waals surface area contributed by atoms with Crippen LogP contribution in [0, 0.1) is 23.2 Å². The predicted molar refractivity (Wildman–Crippen MR) is 68.0 cm³/mol. The highest BCUT2D eigenvalue weighted by Gasteiger charge is 2.42. The molecule has 15 heavy (non-hydrogen) atoms. The van der Waals surface area contributed by atoms with Crippen LogP contribution in [0.2, 0.25) is 0 Å². The van der Waals surface area contributed by atoms with Gasteiger partial charge in [0.05, 0.1) is 0 Å². The number of nitrogens with one attached hydrogen (secondary N) is 1. The summed E-state index contributed by atoms with van der Waals surface area (Å²) in [6, 6.07) is 0.692. The van der Waals surface area contributed by atoms with Crippen molar-refractivity contribution in [1.29, 1.82) is 0 Å². The molecule has 1 heteroatoms.